The fourth-order valence-corrected chi connectivity index (χ4v) is 4.64. The van der Waals surface area contributed by atoms with Gasteiger partial charge in [0.05, 0.1) is 16.8 Å². The fourth-order valence-electron chi connectivity index (χ4n) is 4.64. The van der Waals surface area contributed by atoms with Crippen LogP contribution in [0.25, 0.3) is 22.3 Å². The molecule has 0 radical (unpaired) electrons. The zero-order chi connectivity index (χ0) is 23.8. The molecule has 1 fully saturated rings. The lowest BCUT2D eigenvalue weighted by atomic mass is 10.2. The predicted octanol–water partition coefficient (Wildman–Crippen LogP) is 2.53. The van der Waals surface area contributed by atoms with Crippen molar-refractivity contribution >= 4 is 22.8 Å². The van der Waals surface area contributed by atoms with Crippen LogP contribution in [0.3, 0.4) is 0 Å². The van der Waals surface area contributed by atoms with Gasteiger partial charge in [0, 0.05) is 71.8 Å². The number of nitrogens with zero attached hydrogens (tertiary/aromatic N) is 8. The smallest absolute Gasteiger partial charge is 0.219 e. The second-order valence-electron chi connectivity index (χ2n) is 8.88. The number of imidazole rings is 1. The first-order valence-corrected chi connectivity index (χ1v) is 11.7. The SMILES string of the molecule is CC(=O)N1CCN(c2nc(CCc3nc(-c4ccccc4)cn3C)nc3c2c(C)nn3C)CC1. The molecule has 3 aromatic heterocycles. The Morgan fingerprint density at radius 2 is 1.71 bits per heavy atom. The number of fused-ring (bicyclic) bond motifs is 1. The quantitative estimate of drug-likeness (QED) is 0.457. The number of aromatic nitrogens is 6. The van der Waals surface area contributed by atoms with Crippen LogP contribution in [0.15, 0.2) is 36.5 Å². The maximum Gasteiger partial charge on any atom is 0.219 e. The van der Waals surface area contributed by atoms with Gasteiger partial charge in [-0.3, -0.25) is 9.48 Å². The number of piperazine rings is 1. The van der Waals surface area contributed by atoms with Gasteiger partial charge in [-0.1, -0.05) is 30.3 Å². The third-order valence-corrected chi connectivity index (χ3v) is 6.52. The summed E-state index contributed by atoms with van der Waals surface area (Å²) >= 11 is 0. The minimum absolute atomic E-state index is 0.121. The van der Waals surface area contributed by atoms with Crippen molar-refractivity contribution in [2.24, 2.45) is 14.1 Å². The van der Waals surface area contributed by atoms with Crippen molar-refractivity contribution in [1.29, 1.82) is 0 Å². The summed E-state index contributed by atoms with van der Waals surface area (Å²) in [5, 5.41) is 5.60. The lowest BCUT2D eigenvalue weighted by molar-refractivity contribution is -0.129. The summed E-state index contributed by atoms with van der Waals surface area (Å²) in [5.74, 6) is 2.82. The number of rotatable bonds is 5. The molecule has 0 saturated carbocycles. The maximum atomic E-state index is 11.8. The summed E-state index contributed by atoms with van der Waals surface area (Å²) < 4.78 is 3.91. The molecular formula is C25H30N8O. The number of amides is 1. The standard InChI is InChI=1S/C25H30N8O/c1-17-23-24(31(4)29-17)27-21(28-25(23)33-14-12-32(13-15-33)18(2)34)10-11-22-26-20(16-30(22)3)19-8-6-5-7-9-19/h5-9,16H,10-15H2,1-4H3. The van der Waals surface area contributed by atoms with E-state index >= 15 is 0 Å². The minimum atomic E-state index is 0.121. The second kappa shape index (κ2) is 8.89. The van der Waals surface area contributed by atoms with E-state index in [1.165, 1.54) is 0 Å². The summed E-state index contributed by atoms with van der Waals surface area (Å²) in [4.78, 5) is 30.6. The van der Waals surface area contributed by atoms with Crippen LogP contribution in [-0.4, -0.2) is 66.3 Å². The lowest BCUT2D eigenvalue weighted by Gasteiger charge is -2.35. The number of aryl methyl sites for hydroxylation is 5. The number of anilines is 1. The van der Waals surface area contributed by atoms with Gasteiger partial charge in [0.2, 0.25) is 5.91 Å². The van der Waals surface area contributed by atoms with Gasteiger partial charge in [-0.15, -0.1) is 0 Å². The largest absolute Gasteiger partial charge is 0.352 e. The predicted molar refractivity (Wildman–Crippen MR) is 132 cm³/mol. The van der Waals surface area contributed by atoms with Crippen molar-refractivity contribution < 1.29 is 4.79 Å². The first kappa shape index (κ1) is 22.1. The summed E-state index contributed by atoms with van der Waals surface area (Å²) in [7, 11) is 3.96. The zero-order valence-electron chi connectivity index (χ0n) is 20.2. The molecule has 1 aliphatic heterocycles. The van der Waals surface area contributed by atoms with Crippen LogP contribution in [0.2, 0.25) is 0 Å². The van der Waals surface area contributed by atoms with Gasteiger partial charge in [-0.2, -0.15) is 5.10 Å². The topological polar surface area (TPSA) is 85.0 Å². The number of carbonyl (C=O) groups is 1. The van der Waals surface area contributed by atoms with Crippen molar-refractivity contribution in [3.8, 4) is 11.3 Å². The summed E-state index contributed by atoms with van der Waals surface area (Å²) in [5.41, 5.74) is 3.85. The molecular weight excluding hydrogens is 428 g/mol. The van der Waals surface area contributed by atoms with E-state index in [0.717, 1.165) is 65.0 Å². The third-order valence-electron chi connectivity index (χ3n) is 6.52. The van der Waals surface area contributed by atoms with Crippen LogP contribution in [0, 0.1) is 6.92 Å². The normalized spacial score (nSPS) is 14.2. The van der Waals surface area contributed by atoms with Crippen LogP contribution in [0.5, 0.6) is 0 Å². The first-order valence-electron chi connectivity index (χ1n) is 11.7. The summed E-state index contributed by atoms with van der Waals surface area (Å²) in [6.45, 7) is 6.52. The lowest BCUT2D eigenvalue weighted by Crippen LogP contribution is -2.48. The van der Waals surface area contributed by atoms with Gasteiger partial charge in [0.25, 0.3) is 0 Å². The Hall–Kier alpha value is -3.75. The highest BCUT2D eigenvalue weighted by molar-refractivity contribution is 5.90. The molecule has 5 rings (SSSR count). The second-order valence-corrected chi connectivity index (χ2v) is 8.88. The molecule has 0 N–H and O–H groups in total. The first-order chi connectivity index (χ1) is 16.4. The molecule has 4 aromatic rings. The fraction of sp³-hybridized carbons (Fsp3) is 0.400. The average molecular weight is 459 g/mol. The van der Waals surface area contributed by atoms with Crippen LogP contribution >= 0.6 is 0 Å². The molecule has 4 heterocycles. The van der Waals surface area contributed by atoms with E-state index in [4.69, 9.17) is 15.0 Å². The molecule has 9 heteroatoms. The van der Waals surface area contributed by atoms with Crippen molar-refractivity contribution in [2.75, 3.05) is 31.1 Å². The van der Waals surface area contributed by atoms with Gasteiger partial charge >= 0.3 is 0 Å². The summed E-state index contributed by atoms with van der Waals surface area (Å²) in [6, 6.07) is 10.2. The van der Waals surface area contributed by atoms with E-state index in [1.54, 1.807) is 6.92 Å². The van der Waals surface area contributed by atoms with Crippen molar-refractivity contribution in [3.05, 3.63) is 53.9 Å². The molecule has 34 heavy (non-hydrogen) atoms. The van der Waals surface area contributed by atoms with Crippen molar-refractivity contribution in [2.45, 2.75) is 26.7 Å². The van der Waals surface area contributed by atoms with Gasteiger partial charge in [-0.05, 0) is 6.92 Å². The minimum Gasteiger partial charge on any atom is -0.352 e. The van der Waals surface area contributed by atoms with Crippen molar-refractivity contribution in [1.82, 2.24) is 34.2 Å². The summed E-state index contributed by atoms with van der Waals surface area (Å²) in [6.07, 6.45) is 3.49. The van der Waals surface area contributed by atoms with E-state index in [1.807, 2.05) is 48.8 Å². The molecule has 9 nitrogen and oxygen atoms in total. The Labute approximate surface area is 199 Å². The molecule has 1 saturated heterocycles. The van der Waals surface area contributed by atoms with Crippen LogP contribution in [-0.2, 0) is 31.7 Å². The highest BCUT2D eigenvalue weighted by Crippen LogP contribution is 2.28. The van der Waals surface area contributed by atoms with Crippen LogP contribution in [0.4, 0.5) is 5.82 Å². The molecule has 0 aliphatic carbocycles. The van der Waals surface area contributed by atoms with Gasteiger partial charge < -0.3 is 14.4 Å². The Morgan fingerprint density at radius 3 is 2.41 bits per heavy atom. The molecule has 176 valence electrons. The monoisotopic (exact) mass is 458 g/mol. The Balaban J connectivity index is 1.42. The van der Waals surface area contributed by atoms with E-state index in [0.29, 0.717) is 19.5 Å². The van der Waals surface area contributed by atoms with E-state index in [9.17, 15) is 4.79 Å². The average Bonchev–Trinajstić information content (AvgIpc) is 3.36. The molecule has 0 spiro atoms. The number of hydrogen-bond acceptors (Lipinski definition) is 6. The molecule has 0 unspecified atom stereocenters. The van der Waals surface area contributed by atoms with Gasteiger partial charge in [-0.25, -0.2) is 15.0 Å². The zero-order valence-corrected chi connectivity index (χ0v) is 20.2. The van der Waals surface area contributed by atoms with E-state index in [2.05, 4.69) is 32.9 Å². The third kappa shape index (κ3) is 4.13. The Bertz CT molecular complexity index is 1330. The van der Waals surface area contributed by atoms with Gasteiger partial charge in [0.1, 0.15) is 17.5 Å². The van der Waals surface area contributed by atoms with E-state index < -0.39 is 0 Å². The number of benzene rings is 1. The molecule has 1 aliphatic rings. The van der Waals surface area contributed by atoms with Crippen molar-refractivity contribution in [3.63, 3.8) is 0 Å². The highest BCUT2D eigenvalue weighted by Gasteiger charge is 2.24. The molecule has 1 amide bonds. The molecule has 1 aromatic carbocycles. The maximum absolute atomic E-state index is 11.8. The van der Waals surface area contributed by atoms with Gasteiger partial charge in [0.15, 0.2) is 5.65 Å². The number of carbonyl (C=O) groups excluding carboxylic acids is 1. The molecule has 0 bridgehead atoms. The van der Waals surface area contributed by atoms with Crippen LogP contribution in [0.1, 0.15) is 24.3 Å². The van der Waals surface area contributed by atoms with E-state index in [-0.39, 0.29) is 5.91 Å². The Kier molecular flexibility index (Phi) is 5.77. The number of hydrogen-bond donors (Lipinski definition) is 0. The highest BCUT2D eigenvalue weighted by atomic mass is 16.2. The molecule has 0 atom stereocenters. The Morgan fingerprint density at radius 1 is 0.971 bits per heavy atom. The van der Waals surface area contributed by atoms with Crippen LogP contribution < -0.4 is 4.90 Å².